The molecule has 1 aromatic heterocycles. The number of rotatable bonds is 5. The molecule has 1 atom stereocenters. The van der Waals surface area contributed by atoms with Gasteiger partial charge in [-0.25, -0.2) is 4.39 Å². The van der Waals surface area contributed by atoms with E-state index in [0.29, 0.717) is 31.7 Å². The normalized spacial score (nSPS) is 17.8. The van der Waals surface area contributed by atoms with Gasteiger partial charge < -0.3 is 9.64 Å². The molecule has 1 aromatic carbocycles. The number of carbonyl (C=O) groups is 1. The quantitative estimate of drug-likeness (QED) is 0.824. The van der Waals surface area contributed by atoms with E-state index in [1.165, 1.54) is 11.0 Å². The van der Waals surface area contributed by atoms with Gasteiger partial charge in [0.1, 0.15) is 12.4 Å². The smallest absolute Gasteiger partial charge is 0.248 e. The van der Waals surface area contributed by atoms with Gasteiger partial charge in [-0.3, -0.25) is 14.4 Å². The van der Waals surface area contributed by atoms with Gasteiger partial charge in [-0.2, -0.15) is 5.10 Å². The first-order valence-corrected chi connectivity index (χ1v) is 8.31. The highest BCUT2D eigenvalue weighted by Gasteiger charge is 2.24. The third-order valence-electron chi connectivity index (χ3n) is 4.32. The maximum absolute atomic E-state index is 14.0. The van der Waals surface area contributed by atoms with Crippen LogP contribution in [0, 0.1) is 5.82 Å². The number of carbonyl (C=O) groups excluding carboxylic acids is 1. The van der Waals surface area contributed by atoms with Crippen molar-refractivity contribution in [3.05, 3.63) is 53.6 Å². The highest BCUT2D eigenvalue weighted by atomic mass is 19.1. The van der Waals surface area contributed by atoms with E-state index in [1.54, 1.807) is 32.4 Å². The van der Waals surface area contributed by atoms with Gasteiger partial charge in [0.25, 0.3) is 0 Å². The highest BCUT2D eigenvalue weighted by molar-refractivity contribution is 5.76. The van der Waals surface area contributed by atoms with E-state index in [-0.39, 0.29) is 24.4 Å². The van der Waals surface area contributed by atoms with Gasteiger partial charge in [-0.05, 0) is 12.1 Å². The predicted octanol–water partition coefficient (Wildman–Crippen LogP) is 1.51. The Morgan fingerprint density at radius 3 is 2.88 bits per heavy atom. The van der Waals surface area contributed by atoms with Crippen molar-refractivity contribution in [1.82, 2.24) is 19.6 Å². The number of hydrogen-bond donors (Lipinski definition) is 0. The van der Waals surface area contributed by atoms with Crippen molar-refractivity contribution in [1.29, 1.82) is 0 Å². The number of fused-ring (bicyclic) bond motifs is 1. The average molecular weight is 346 g/mol. The predicted molar refractivity (Wildman–Crippen MR) is 91.2 cm³/mol. The summed E-state index contributed by atoms with van der Waals surface area (Å²) in [6.45, 7) is 2.37. The number of amides is 1. The number of aromatic nitrogens is 2. The van der Waals surface area contributed by atoms with Crippen molar-refractivity contribution in [2.45, 2.75) is 25.7 Å². The molecular formula is C18H23FN4O2. The fourth-order valence-corrected chi connectivity index (χ4v) is 2.90. The SMILES string of the molecule is CN(C)C(=O)CO[C@@H]1CN(Cc2ccccc2F)Cc2ccnn2C1. The minimum atomic E-state index is -0.208. The largest absolute Gasteiger partial charge is 0.365 e. The molecule has 25 heavy (non-hydrogen) atoms. The first kappa shape index (κ1) is 17.6. The van der Waals surface area contributed by atoms with Gasteiger partial charge >= 0.3 is 0 Å². The van der Waals surface area contributed by atoms with Crippen LogP contribution in [0.2, 0.25) is 0 Å². The molecule has 0 spiro atoms. The topological polar surface area (TPSA) is 50.6 Å². The molecule has 0 saturated carbocycles. The summed E-state index contributed by atoms with van der Waals surface area (Å²) in [5.74, 6) is -0.286. The summed E-state index contributed by atoms with van der Waals surface area (Å²) in [6, 6.07) is 8.76. The zero-order valence-corrected chi connectivity index (χ0v) is 14.6. The minimum absolute atomic E-state index is 0.0296. The molecule has 7 heteroatoms. The Bertz CT molecular complexity index is 731. The molecule has 0 fully saturated rings. The molecule has 2 heterocycles. The number of halogens is 1. The number of likely N-dealkylation sites (N-methyl/N-ethyl adjacent to an activating group) is 1. The third-order valence-corrected chi connectivity index (χ3v) is 4.32. The van der Waals surface area contributed by atoms with Crippen molar-refractivity contribution in [3.8, 4) is 0 Å². The minimum Gasteiger partial charge on any atom is -0.365 e. The number of hydrogen-bond acceptors (Lipinski definition) is 4. The average Bonchev–Trinajstić information content (AvgIpc) is 2.94. The molecule has 1 aliphatic rings. The summed E-state index contributed by atoms with van der Waals surface area (Å²) in [6.07, 6.45) is 1.57. The third kappa shape index (κ3) is 4.43. The van der Waals surface area contributed by atoms with Crippen LogP contribution in [0.1, 0.15) is 11.3 Å². The van der Waals surface area contributed by atoms with E-state index in [4.69, 9.17) is 4.74 Å². The lowest BCUT2D eigenvalue weighted by Gasteiger charge is -2.24. The second-order valence-electron chi connectivity index (χ2n) is 6.49. The summed E-state index contributed by atoms with van der Waals surface area (Å²) in [5, 5.41) is 4.33. The monoisotopic (exact) mass is 346 g/mol. The van der Waals surface area contributed by atoms with Gasteiger partial charge in [0.2, 0.25) is 5.91 Å². The zero-order chi connectivity index (χ0) is 17.8. The van der Waals surface area contributed by atoms with Crippen LogP contribution in [-0.2, 0) is 29.2 Å². The zero-order valence-electron chi connectivity index (χ0n) is 14.6. The molecule has 134 valence electrons. The van der Waals surface area contributed by atoms with Crippen molar-refractivity contribution >= 4 is 5.91 Å². The molecule has 6 nitrogen and oxygen atoms in total. The number of benzene rings is 1. The van der Waals surface area contributed by atoms with Gasteiger partial charge in [0, 0.05) is 45.5 Å². The maximum atomic E-state index is 14.0. The van der Waals surface area contributed by atoms with Crippen LogP contribution in [0.3, 0.4) is 0 Å². The van der Waals surface area contributed by atoms with E-state index in [1.807, 2.05) is 16.8 Å². The first-order chi connectivity index (χ1) is 12.0. The van der Waals surface area contributed by atoms with Crippen LogP contribution in [0.5, 0.6) is 0 Å². The van der Waals surface area contributed by atoms with E-state index in [2.05, 4.69) is 10.00 Å². The van der Waals surface area contributed by atoms with Crippen molar-refractivity contribution in [2.24, 2.45) is 0 Å². The molecule has 1 aliphatic heterocycles. The fraction of sp³-hybridized carbons (Fsp3) is 0.444. The molecule has 0 aliphatic carbocycles. The Morgan fingerprint density at radius 1 is 1.32 bits per heavy atom. The first-order valence-electron chi connectivity index (χ1n) is 8.31. The number of ether oxygens (including phenoxy) is 1. The highest BCUT2D eigenvalue weighted by Crippen LogP contribution is 2.18. The van der Waals surface area contributed by atoms with E-state index < -0.39 is 0 Å². The Balaban J connectivity index is 1.72. The molecule has 0 bridgehead atoms. The maximum Gasteiger partial charge on any atom is 0.248 e. The molecule has 3 rings (SSSR count). The Kier molecular flexibility index (Phi) is 5.45. The van der Waals surface area contributed by atoms with Gasteiger partial charge in [0.15, 0.2) is 0 Å². The van der Waals surface area contributed by atoms with Crippen molar-refractivity contribution < 1.29 is 13.9 Å². The summed E-state index contributed by atoms with van der Waals surface area (Å²) in [4.78, 5) is 15.4. The summed E-state index contributed by atoms with van der Waals surface area (Å²) in [5.41, 5.74) is 1.71. The molecule has 0 saturated heterocycles. The van der Waals surface area contributed by atoms with Crippen LogP contribution in [-0.4, -0.2) is 58.8 Å². The van der Waals surface area contributed by atoms with Gasteiger partial charge in [-0.15, -0.1) is 0 Å². The lowest BCUT2D eigenvalue weighted by atomic mass is 10.2. The molecule has 2 aromatic rings. The Hall–Kier alpha value is -2.25. The van der Waals surface area contributed by atoms with Crippen LogP contribution < -0.4 is 0 Å². The van der Waals surface area contributed by atoms with E-state index in [0.717, 1.165) is 5.69 Å². The van der Waals surface area contributed by atoms with Crippen LogP contribution >= 0.6 is 0 Å². The molecule has 1 amide bonds. The molecular weight excluding hydrogens is 323 g/mol. The van der Waals surface area contributed by atoms with Gasteiger partial charge in [-0.1, -0.05) is 18.2 Å². The second-order valence-corrected chi connectivity index (χ2v) is 6.49. The summed E-state index contributed by atoms with van der Waals surface area (Å²) >= 11 is 0. The Labute approximate surface area is 146 Å². The van der Waals surface area contributed by atoms with Crippen LogP contribution in [0.25, 0.3) is 0 Å². The van der Waals surface area contributed by atoms with E-state index in [9.17, 15) is 9.18 Å². The lowest BCUT2D eigenvalue weighted by molar-refractivity contribution is -0.136. The van der Waals surface area contributed by atoms with Crippen molar-refractivity contribution in [2.75, 3.05) is 27.2 Å². The fourth-order valence-electron chi connectivity index (χ4n) is 2.90. The van der Waals surface area contributed by atoms with Gasteiger partial charge in [0.05, 0.1) is 18.3 Å². The summed E-state index contributed by atoms with van der Waals surface area (Å²) < 4.78 is 21.7. The van der Waals surface area contributed by atoms with E-state index >= 15 is 0 Å². The second kappa shape index (κ2) is 7.76. The number of nitrogens with zero attached hydrogens (tertiary/aromatic N) is 4. The molecule has 0 unspecified atom stereocenters. The molecule has 0 radical (unpaired) electrons. The van der Waals surface area contributed by atoms with Crippen LogP contribution in [0.4, 0.5) is 4.39 Å². The Morgan fingerprint density at radius 2 is 2.12 bits per heavy atom. The standard InChI is InChI=1S/C18H23FN4O2/c1-21(2)18(24)13-25-16-11-22(9-14-5-3-4-6-17(14)19)10-15-7-8-20-23(15)12-16/h3-8,16H,9-13H2,1-2H3/t16-/m1/s1. The summed E-state index contributed by atoms with van der Waals surface area (Å²) in [7, 11) is 3.41. The van der Waals surface area contributed by atoms with Crippen molar-refractivity contribution in [3.63, 3.8) is 0 Å². The molecule has 0 N–H and O–H groups in total. The van der Waals surface area contributed by atoms with Crippen LogP contribution in [0.15, 0.2) is 36.5 Å². The lowest BCUT2D eigenvalue weighted by Crippen LogP contribution is -2.36.